The quantitative estimate of drug-likeness (QED) is 0.674. The van der Waals surface area contributed by atoms with E-state index in [1.54, 1.807) is 0 Å². The summed E-state index contributed by atoms with van der Waals surface area (Å²) in [4.78, 5) is 0. The molecule has 90 valence electrons. The van der Waals surface area contributed by atoms with Crippen LogP contribution in [0.3, 0.4) is 0 Å². The van der Waals surface area contributed by atoms with Crippen molar-refractivity contribution in [1.82, 2.24) is 8.61 Å². The molecule has 1 rings (SSSR count). The Hall–Kier alpha value is 0.120. The summed E-state index contributed by atoms with van der Waals surface area (Å²) in [5.74, 6) is 0.312. The highest BCUT2D eigenvalue weighted by Crippen LogP contribution is 2.17. The van der Waals surface area contributed by atoms with Gasteiger partial charge in [0.2, 0.25) is 0 Å². The molecule has 0 radical (unpaired) electrons. The minimum absolute atomic E-state index is 0.142. The predicted molar refractivity (Wildman–Crippen MR) is 59.2 cm³/mol. The fourth-order valence-corrected chi connectivity index (χ4v) is 2.89. The predicted octanol–water partition coefficient (Wildman–Crippen LogP) is 0.121. The highest BCUT2D eigenvalue weighted by atomic mass is 35.5. The smallest absolute Gasteiger partial charge is 0.281 e. The van der Waals surface area contributed by atoms with Gasteiger partial charge in [0.25, 0.3) is 10.2 Å². The summed E-state index contributed by atoms with van der Waals surface area (Å²) < 4.78 is 31.9. The third kappa shape index (κ3) is 2.82. The average Bonchev–Trinajstić information content (AvgIpc) is 2.18. The van der Waals surface area contributed by atoms with Gasteiger partial charge in [0.05, 0.1) is 12.7 Å². The lowest BCUT2D eigenvalue weighted by atomic mass is 10.2. The molecular formula is C8H17ClN2O3S. The molecule has 0 aromatic heterocycles. The fraction of sp³-hybridized carbons (Fsp3) is 1.00. The van der Waals surface area contributed by atoms with Crippen molar-refractivity contribution in [3.8, 4) is 0 Å². The van der Waals surface area contributed by atoms with Crippen LogP contribution in [0.15, 0.2) is 0 Å². The lowest BCUT2D eigenvalue weighted by Crippen LogP contribution is -2.54. The maximum Gasteiger partial charge on any atom is 0.281 e. The van der Waals surface area contributed by atoms with Gasteiger partial charge >= 0.3 is 0 Å². The van der Waals surface area contributed by atoms with Gasteiger partial charge in [-0.3, -0.25) is 0 Å². The maximum atomic E-state index is 11.9. The van der Waals surface area contributed by atoms with Crippen LogP contribution in [0.5, 0.6) is 0 Å². The van der Waals surface area contributed by atoms with Gasteiger partial charge in [-0.2, -0.15) is 17.0 Å². The third-order valence-corrected chi connectivity index (χ3v) is 4.75. The second-order valence-electron chi connectivity index (χ2n) is 3.82. The molecule has 1 saturated heterocycles. The molecule has 1 aliphatic rings. The molecule has 0 spiro atoms. The summed E-state index contributed by atoms with van der Waals surface area (Å²) >= 11 is 5.66. The highest BCUT2D eigenvalue weighted by Gasteiger charge is 2.35. The second-order valence-corrected chi connectivity index (χ2v) is 6.22. The van der Waals surface area contributed by atoms with Gasteiger partial charge in [-0.25, -0.2) is 0 Å². The summed E-state index contributed by atoms with van der Waals surface area (Å²) in [6, 6.07) is -0.142. The minimum Gasteiger partial charge on any atom is -0.374 e. The number of hydrogen-bond donors (Lipinski definition) is 0. The Balaban J connectivity index is 2.83. The van der Waals surface area contributed by atoms with Crippen LogP contribution in [0, 0.1) is 0 Å². The van der Waals surface area contributed by atoms with E-state index in [0.717, 1.165) is 0 Å². The van der Waals surface area contributed by atoms with Crippen LogP contribution in [0.2, 0.25) is 0 Å². The second kappa shape index (κ2) is 4.97. The Morgan fingerprint density at radius 1 is 1.53 bits per heavy atom. The lowest BCUT2D eigenvalue weighted by Gasteiger charge is -2.37. The van der Waals surface area contributed by atoms with Gasteiger partial charge in [-0.15, -0.1) is 11.6 Å². The Morgan fingerprint density at radius 2 is 2.13 bits per heavy atom. The van der Waals surface area contributed by atoms with E-state index in [9.17, 15) is 8.42 Å². The number of morpholine rings is 1. The SMILES string of the molecule is CC1COC(CCl)CN1S(=O)(=O)N(C)C. The van der Waals surface area contributed by atoms with E-state index in [2.05, 4.69) is 0 Å². The molecule has 1 aliphatic heterocycles. The Morgan fingerprint density at radius 3 is 2.60 bits per heavy atom. The van der Waals surface area contributed by atoms with Crippen molar-refractivity contribution in [3.63, 3.8) is 0 Å². The van der Waals surface area contributed by atoms with E-state index >= 15 is 0 Å². The van der Waals surface area contributed by atoms with Crippen molar-refractivity contribution in [2.45, 2.75) is 19.1 Å². The third-order valence-electron chi connectivity index (χ3n) is 2.38. The largest absolute Gasteiger partial charge is 0.374 e. The van der Waals surface area contributed by atoms with Crippen LogP contribution in [0.25, 0.3) is 0 Å². The van der Waals surface area contributed by atoms with E-state index in [1.165, 1.54) is 22.7 Å². The van der Waals surface area contributed by atoms with E-state index < -0.39 is 10.2 Å². The zero-order chi connectivity index (χ0) is 11.6. The molecule has 0 N–H and O–H groups in total. The normalized spacial score (nSPS) is 29.7. The first-order chi connectivity index (χ1) is 6.89. The molecule has 0 aromatic rings. The number of alkyl halides is 1. The average molecular weight is 257 g/mol. The molecule has 0 aliphatic carbocycles. The number of ether oxygens (including phenoxy) is 1. The number of halogens is 1. The van der Waals surface area contributed by atoms with Crippen LogP contribution in [0.4, 0.5) is 0 Å². The zero-order valence-corrected chi connectivity index (χ0v) is 10.8. The summed E-state index contributed by atoms with van der Waals surface area (Å²) in [6.45, 7) is 2.54. The van der Waals surface area contributed by atoms with Gasteiger partial charge in [0.1, 0.15) is 0 Å². The lowest BCUT2D eigenvalue weighted by molar-refractivity contribution is -0.0167. The monoisotopic (exact) mass is 256 g/mol. The molecule has 5 nitrogen and oxygen atoms in total. The molecule has 2 atom stereocenters. The molecule has 2 unspecified atom stereocenters. The molecule has 7 heteroatoms. The van der Waals surface area contributed by atoms with Crippen molar-refractivity contribution in [1.29, 1.82) is 0 Å². The van der Waals surface area contributed by atoms with Gasteiger partial charge in [-0.1, -0.05) is 0 Å². The molecule has 0 saturated carbocycles. The Kier molecular flexibility index (Phi) is 4.37. The topological polar surface area (TPSA) is 49.9 Å². The first-order valence-electron chi connectivity index (χ1n) is 4.76. The van der Waals surface area contributed by atoms with Crippen molar-refractivity contribution in [2.24, 2.45) is 0 Å². The zero-order valence-electron chi connectivity index (χ0n) is 9.18. The van der Waals surface area contributed by atoms with Crippen LogP contribution in [-0.2, 0) is 14.9 Å². The van der Waals surface area contributed by atoms with Gasteiger partial charge < -0.3 is 4.74 Å². The maximum absolute atomic E-state index is 11.9. The van der Waals surface area contributed by atoms with Crippen LogP contribution in [-0.4, -0.2) is 62.3 Å². The molecular weight excluding hydrogens is 240 g/mol. The first kappa shape index (κ1) is 13.2. The summed E-state index contributed by atoms with van der Waals surface area (Å²) in [7, 11) is -0.322. The van der Waals surface area contributed by atoms with Crippen LogP contribution in [0.1, 0.15) is 6.92 Å². The van der Waals surface area contributed by atoms with Gasteiger partial charge in [0.15, 0.2) is 0 Å². The summed E-state index contributed by atoms with van der Waals surface area (Å²) in [6.07, 6.45) is -0.211. The number of rotatable bonds is 3. The van der Waals surface area contributed by atoms with E-state index in [0.29, 0.717) is 19.0 Å². The summed E-state index contributed by atoms with van der Waals surface area (Å²) in [5, 5.41) is 0. The Bertz CT molecular complexity index is 307. The van der Waals surface area contributed by atoms with Gasteiger partial charge in [0, 0.05) is 32.6 Å². The van der Waals surface area contributed by atoms with E-state index in [4.69, 9.17) is 16.3 Å². The van der Waals surface area contributed by atoms with Crippen molar-refractivity contribution >= 4 is 21.8 Å². The van der Waals surface area contributed by atoms with Crippen LogP contribution >= 0.6 is 11.6 Å². The van der Waals surface area contributed by atoms with E-state index in [1.807, 2.05) is 6.92 Å². The molecule has 0 aromatic carbocycles. The standard InChI is InChI=1S/C8H17ClN2O3S/c1-7-6-14-8(4-9)5-11(7)15(12,13)10(2)3/h7-8H,4-6H2,1-3H3. The molecule has 0 amide bonds. The minimum atomic E-state index is -3.36. The fourth-order valence-electron chi connectivity index (χ4n) is 1.42. The summed E-state index contributed by atoms with van der Waals surface area (Å²) in [5.41, 5.74) is 0. The first-order valence-corrected chi connectivity index (χ1v) is 6.69. The van der Waals surface area contributed by atoms with Crippen molar-refractivity contribution < 1.29 is 13.2 Å². The molecule has 0 bridgehead atoms. The van der Waals surface area contributed by atoms with E-state index in [-0.39, 0.29) is 12.1 Å². The number of nitrogens with zero attached hydrogens (tertiary/aromatic N) is 2. The Labute approximate surface area is 96.1 Å². The molecule has 1 fully saturated rings. The van der Waals surface area contributed by atoms with Crippen LogP contribution < -0.4 is 0 Å². The molecule has 1 heterocycles. The van der Waals surface area contributed by atoms with Crippen molar-refractivity contribution in [2.75, 3.05) is 33.1 Å². The van der Waals surface area contributed by atoms with Gasteiger partial charge in [-0.05, 0) is 6.92 Å². The van der Waals surface area contributed by atoms with Crippen molar-refractivity contribution in [3.05, 3.63) is 0 Å². The highest BCUT2D eigenvalue weighted by molar-refractivity contribution is 7.86. The number of hydrogen-bond acceptors (Lipinski definition) is 3. The molecule has 15 heavy (non-hydrogen) atoms.